The molecule has 3 nitrogen and oxygen atoms in total. The van der Waals surface area contributed by atoms with E-state index in [4.69, 9.17) is 0 Å². The highest BCUT2D eigenvalue weighted by molar-refractivity contribution is 5.85. The van der Waals surface area contributed by atoms with E-state index in [2.05, 4.69) is 10.2 Å². The molecule has 0 spiro atoms. The largest absolute Gasteiger partial charge is 0.342 e. The fourth-order valence-electron chi connectivity index (χ4n) is 4.22. The van der Waals surface area contributed by atoms with Crippen LogP contribution in [0.15, 0.2) is 24.3 Å². The lowest BCUT2D eigenvalue weighted by Crippen LogP contribution is -2.34. The Morgan fingerprint density at radius 1 is 1.09 bits per heavy atom. The summed E-state index contributed by atoms with van der Waals surface area (Å²) in [5.74, 6) is 2.05. The summed E-state index contributed by atoms with van der Waals surface area (Å²) in [4.78, 5) is 14.8. The number of nitrogens with zero attached hydrogens (tertiary/aromatic N) is 1. The lowest BCUT2D eigenvalue weighted by molar-refractivity contribution is -0.132. The van der Waals surface area contributed by atoms with Crippen molar-refractivity contribution in [3.8, 4) is 0 Å². The van der Waals surface area contributed by atoms with E-state index in [-0.39, 0.29) is 24.1 Å². The molecular formula is C18H24ClFN2O. The van der Waals surface area contributed by atoms with Gasteiger partial charge in [0, 0.05) is 19.0 Å². The van der Waals surface area contributed by atoms with Gasteiger partial charge in [-0.25, -0.2) is 4.39 Å². The van der Waals surface area contributed by atoms with E-state index in [1.807, 2.05) is 12.1 Å². The van der Waals surface area contributed by atoms with E-state index in [9.17, 15) is 9.18 Å². The molecule has 2 heterocycles. The molecule has 2 saturated heterocycles. The third-order valence-electron chi connectivity index (χ3n) is 5.74. The molecule has 23 heavy (non-hydrogen) atoms. The molecule has 4 atom stereocenters. The predicted molar refractivity (Wildman–Crippen MR) is 90.2 cm³/mol. The zero-order valence-electron chi connectivity index (χ0n) is 13.2. The maximum Gasteiger partial charge on any atom is 0.226 e. The van der Waals surface area contributed by atoms with Crippen LogP contribution < -0.4 is 5.32 Å². The second-order valence-electron chi connectivity index (χ2n) is 7.08. The van der Waals surface area contributed by atoms with Gasteiger partial charge in [0.1, 0.15) is 5.82 Å². The van der Waals surface area contributed by atoms with Crippen LogP contribution in [0, 0.1) is 23.6 Å². The van der Waals surface area contributed by atoms with Crippen molar-refractivity contribution in [1.29, 1.82) is 0 Å². The average Bonchev–Trinajstić information content (AvgIpc) is 3.25. The van der Waals surface area contributed by atoms with Gasteiger partial charge in [-0.1, -0.05) is 12.1 Å². The van der Waals surface area contributed by atoms with Gasteiger partial charge in [-0.15, -0.1) is 12.4 Å². The Hall–Kier alpha value is -1.13. The molecule has 2 aliphatic heterocycles. The Labute approximate surface area is 143 Å². The molecule has 3 aliphatic rings. The smallest absolute Gasteiger partial charge is 0.226 e. The Morgan fingerprint density at radius 2 is 1.70 bits per heavy atom. The van der Waals surface area contributed by atoms with Crippen molar-refractivity contribution in [3.63, 3.8) is 0 Å². The van der Waals surface area contributed by atoms with Crippen LogP contribution >= 0.6 is 12.4 Å². The molecule has 5 heteroatoms. The number of hydrogen-bond donors (Lipinski definition) is 1. The van der Waals surface area contributed by atoms with Gasteiger partial charge in [-0.3, -0.25) is 4.79 Å². The summed E-state index contributed by atoms with van der Waals surface area (Å²) in [7, 11) is 0. The van der Waals surface area contributed by atoms with Gasteiger partial charge in [0.25, 0.3) is 0 Å². The van der Waals surface area contributed by atoms with E-state index in [0.29, 0.717) is 11.8 Å². The Balaban J connectivity index is 0.00000156. The predicted octanol–water partition coefficient (Wildman–Crippen LogP) is 2.81. The number of rotatable bonds is 2. The van der Waals surface area contributed by atoms with Crippen molar-refractivity contribution in [2.24, 2.45) is 17.8 Å². The van der Waals surface area contributed by atoms with E-state index < -0.39 is 0 Å². The summed E-state index contributed by atoms with van der Waals surface area (Å²) in [6.45, 7) is 4.06. The number of amides is 1. The number of carbonyl (C=O) groups is 1. The highest BCUT2D eigenvalue weighted by Gasteiger charge is 2.46. The van der Waals surface area contributed by atoms with Crippen molar-refractivity contribution in [2.45, 2.75) is 25.2 Å². The summed E-state index contributed by atoms with van der Waals surface area (Å²) in [5, 5.41) is 3.47. The molecule has 2 unspecified atom stereocenters. The molecule has 0 aromatic heterocycles. The topological polar surface area (TPSA) is 32.3 Å². The van der Waals surface area contributed by atoms with Gasteiger partial charge in [-0.2, -0.15) is 0 Å². The Kier molecular flexibility index (Phi) is 4.93. The van der Waals surface area contributed by atoms with Crippen LogP contribution in [-0.4, -0.2) is 37.0 Å². The highest BCUT2D eigenvalue weighted by Crippen LogP contribution is 2.48. The summed E-state index contributed by atoms with van der Waals surface area (Å²) in [6.07, 6.45) is 3.20. The van der Waals surface area contributed by atoms with E-state index in [1.165, 1.54) is 12.1 Å². The lowest BCUT2D eigenvalue weighted by Gasteiger charge is -2.21. The van der Waals surface area contributed by atoms with Gasteiger partial charge < -0.3 is 10.2 Å². The van der Waals surface area contributed by atoms with Crippen molar-refractivity contribution in [2.75, 3.05) is 26.2 Å². The number of halogens is 2. The first-order valence-corrected chi connectivity index (χ1v) is 8.47. The van der Waals surface area contributed by atoms with Crippen LogP contribution in [0.25, 0.3) is 0 Å². The number of nitrogens with one attached hydrogen (secondary N) is 1. The number of hydrogen-bond acceptors (Lipinski definition) is 2. The van der Waals surface area contributed by atoms with Gasteiger partial charge in [0.2, 0.25) is 5.91 Å². The van der Waals surface area contributed by atoms with Gasteiger partial charge in [0.15, 0.2) is 0 Å². The standard InChI is InChI=1S/C18H23FN2O.ClH/c19-15-3-1-12(2-4-15)16-9-17(16)18(22)21-7-5-13-10-20-11-14(13)6-8-21;/h1-4,13-14,16-17,20H,5-11H2;1H/t13-,14+,16?,17?;. The van der Waals surface area contributed by atoms with Gasteiger partial charge >= 0.3 is 0 Å². The average molecular weight is 339 g/mol. The molecule has 1 aliphatic carbocycles. The number of carbonyl (C=O) groups excluding carboxylic acids is 1. The molecule has 1 N–H and O–H groups in total. The lowest BCUT2D eigenvalue weighted by atomic mass is 9.92. The molecule has 0 bridgehead atoms. The minimum atomic E-state index is -0.208. The minimum absolute atomic E-state index is 0. The highest BCUT2D eigenvalue weighted by atomic mass is 35.5. The van der Waals surface area contributed by atoms with Crippen molar-refractivity contribution < 1.29 is 9.18 Å². The van der Waals surface area contributed by atoms with Crippen molar-refractivity contribution >= 4 is 18.3 Å². The molecule has 126 valence electrons. The molecule has 1 aromatic rings. The third kappa shape index (κ3) is 3.38. The van der Waals surface area contributed by atoms with Crippen LogP contribution in [0.1, 0.15) is 30.7 Å². The van der Waals surface area contributed by atoms with Gasteiger partial charge in [-0.05, 0) is 67.8 Å². The molecule has 1 aromatic carbocycles. The zero-order valence-corrected chi connectivity index (χ0v) is 14.0. The SMILES string of the molecule is Cl.O=C(C1CC1c1ccc(F)cc1)N1CC[C@@H]2CNC[C@@H]2CC1. The Bertz CT molecular complexity index is 551. The number of fused-ring (bicyclic) bond motifs is 1. The fourth-order valence-corrected chi connectivity index (χ4v) is 4.22. The van der Waals surface area contributed by atoms with E-state index >= 15 is 0 Å². The molecular weight excluding hydrogens is 315 g/mol. The van der Waals surface area contributed by atoms with Crippen LogP contribution in [0.2, 0.25) is 0 Å². The Morgan fingerprint density at radius 3 is 2.30 bits per heavy atom. The second-order valence-corrected chi connectivity index (χ2v) is 7.08. The van der Waals surface area contributed by atoms with Gasteiger partial charge in [0.05, 0.1) is 0 Å². The van der Waals surface area contributed by atoms with Crippen molar-refractivity contribution in [3.05, 3.63) is 35.6 Å². The molecule has 3 fully saturated rings. The molecule has 4 rings (SSSR count). The molecule has 0 radical (unpaired) electrons. The van der Waals surface area contributed by atoms with Crippen LogP contribution in [0.5, 0.6) is 0 Å². The summed E-state index contributed by atoms with van der Waals surface area (Å²) in [5.41, 5.74) is 1.11. The first-order chi connectivity index (χ1) is 10.7. The summed E-state index contributed by atoms with van der Waals surface area (Å²) < 4.78 is 13.0. The third-order valence-corrected chi connectivity index (χ3v) is 5.74. The molecule has 1 saturated carbocycles. The van der Waals surface area contributed by atoms with Crippen LogP contribution in [-0.2, 0) is 4.79 Å². The first kappa shape index (κ1) is 16.7. The van der Waals surface area contributed by atoms with E-state index in [0.717, 1.165) is 62.8 Å². The quantitative estimate of drug-likeness (QED) is 0.899. The number of benzene rings is 1. The monoisotopic (exact) mass is 338 g/mol. The maximum absolute atomic E-state index is 13.0. The maximum atomic E-state index is 13.0. The second kappa shape index (κ2) is 6.78. The normalized spacial score (nSPS) is 32.7. The van der Waals surface area contributed by atoms with Crippen molar-refractivity contribution in [1.82, 2.24) is 10.2 Å². The summed E-state index contributed by atoms with van der Waals surface area (Å²) in [6, 6.07) is 6.64. The number of likely N-dealkylation sites (tertiary alicyclic amines) is 1. The van der Waals surface area contributed by atoms with Crippen LogP contribution in [0.4, 0.5) is 4.39 Å². The van der Waals surface area contributed by atoms with E-state index in [1.54, 1.807) is 0 Å². The zero-order chi connectivity index (χ0) is 15.1. The first-order valence-electron chi connectivity index (χ1n) is 8.47. The molecule has 1 amide bonds. The summed E-state index contributed by atoms with van der Waals surface area (Å²) >= 11 is 0. The minimum Gasteiger partial charge on any atom is -0.342 e. The van der Waals surface area contributed by atoms with Crippen LogP contribution in [0.3, 0.4) is 0 Å². The fraction of sp³-hybridized carbons (Fsp3) is 0.611.